The lowest BCUT2D eigenvalue weighted by molar-refractivity contribution is -0.170. The molecule has 1 aliphatic rings. The predicted molar refractivity (Wildman–Crippen MR) is 64.3 cm³/mol. The van der Waals surface area contributed by atoms with Crippen LogP contribution in [-0.2, 0) is 11.2 Å². The molecule has 0 heterocycles. The van der Waals surface area contributed by atoms with Crippen LogP contribution in [0.2, 0.25) is 0 Å². The van der Waals surface area contributed by atoms with Gasteiger partial charge in [0.2, 0.25) is 5.91 Å². The summed E-state index contributed by atoms with van der Waals surface area (Å²) in [6, 6.07) is 7.99. The van der Waals surface area contributed by atoms with E-state index in [2.05, 4.69) is 0 Å². The van der Waals surface area contributed by atoms with Crippen molar-refractivity contribution in [3.05, 3.63) is 35.9 Å². The van der Waals surface area contributed by atoms with E-state index in [0.717, 1.165) is 5.56 Å². The second-order valence-electron chi connectivity index (χ2n) is 4.87. The van der Waals surface area contributed by atoms with E-state index in [1.807, 2.05) is 11.4 Å². The van der Waals surface area contributed by atoms with Crippen molar-refractivity contribution in [3.63, 3.8) is 0 Å². The second-order valence-corrected chi connectivity index (χ2v) is 4.87. The van der Waals surface area contributed by atoms with Crippen LogP contribution in [-0.4, -0.2) is 23.7 Å². The zero-order chi connectivity index (χ0) is 14.1. The van der Waals surface area contributed by atoms with Gasteiger partial charge in [0.1, 0.15) is 5.54 Å². The Balaban J connectivity index is 1.94. The lowest BCUT2D eigenvalue weighted by atomic mass is 10.1. The van der Waals surface area contributed by atoms with Crippen LogP contribution in [0.4, 0.5) is 13.2 Å². The number of halogens is 3. The molecule has 0 aliphatic heterocycles. The van der Waals surface area contributed by atoms with Crippen molar-refractivity contribution in [2.45, 2.75) is 37.0 Å². The minimum Gasteiger partial charge on any atom is -0.341 e. The van der Waals surface area contributed by atoms with Crippen LogP contribution in [0.3, 0.4) is 0 Å². The Morgan fingerprint density at radius 2 is 1.89 bits per heavy atom. The van der Waals surface area contributed by atoms with Gasteiger partial charge in [0.25, 0.3) is 0 Å². The molecule has 0 saturated heterocycles. The van der Waals surface area contributed by atoms with Gasteiger partial charge in [0, 0.05) is 0 Å². The number of carbonyl (C=O) groups excluding carboxylic acids is 1. The monoisotopic (exact) mass is 272 g/mol. The number of nitrogens with two attached hydrogens (primary N) is 1. The van der Waals surface area contributed by atoms with Gasteiger partial charge in [-0.15, -0.1) is 0 Å². The van der Waals surface area contributed by atoms with Crippen LogP contribution in [0, 0.1) is 0 Å². The first-order valence-electron chi connectivity index (χ1n) is 6.02. The molecule has 3 nitrogen and oxygen atoms in total. The maximum atomic E-state index is 12.7. The molecule has 1 atom stereocenters. The summed E-state index contributed by atoms with van der Waals surface area (Å²) >= 11 is 0. The van der Waals surface area contributed by atoms with Crippen LogP contribution in [0.1, 0.15) is 18.4 Å². The summed E-state index contributed by atoms with van der Waals surface area (Å²) < 4.78 is 38.1. The van der Waals surface area contributed by atoms with E-state index in [9.17, 15) is 18.0 Å². The average Bonchev–Trinajstić information content (AvgIpc) is 3.10. The van der Waals surface area contributed by atoms with Gasteiger partial charge in [-0.2, -0.15) is 13.2 Å². The molecular formula is C13H15F3N2O. The molecule has 19 heavy (non-hydrogen) atoms. The van der Waals surface area contributed by atoms with Gasteiger partial charge < -0.3 is 11.1 Å². The molecule has 0 spiro atoms. The van der Waals surface area contributed by atoms with Gasteiger partial charge in [0.05, 0.1) is 6.04 Å². The SMILES string of the molecule is NC(Cc1ccccc1)C(=O)NC1(C(F)(F)F)CC1. The normalized spacial score (nSPS) is 18.7. The van der Waals surface area contributed by atoms with E-state index in [1.165, 1.54) is 0 Å². The molecule has 1 fully saturated rings. The smallest absolute Gasteiger partial charge is 0.341 e. The molecule has 1 saturated carbocycles. The maximum Gasteiger partial charge on any atom is 0.411 e. The van der Waals surface area contributed by atoms with Crippen LogP contribution >= 0.6 is 0 Å². The number of hydrogen-bond acceptors (Lipinski definition) is 2. The van der Waals surface area contributed by atoms with Crippen molar-refractivity contribution >= 4 is 5.91 Å². The zero-order valence-corrected chi connectivity index (χ0v) is 10.2. The summed E-state index contributed by atoms with van der Waals surface area (Å²) in [5.41, 5.74) is 4.43. The third-order valence-electron chi connectivity index (χ3n) is 3.29. The molecule has 104 valence electrons. The van der Waals surface area contributed by atoms with E-state index < -0.39 is 23.7 Å². The fraction of sp³-hybridized carbons (Fsp3) is 0.462. The minimum absolute atomic E-state index is 0.0691. The summed E-state index contributed by atoms with van der Waals surface area (Å²) in [6.07, 6.45) is -4.32. The van der Waals surface area contributed by atoms with Gasteiger partial charge in [-0.3, -0.25) is 4.79 Å². The second kappa shape index (κ2) is 4.85. The average molecular weight is 272 g/mol. The first-order chi connectivity index (χ1) is 8.84. The molecule has 1 aromatic rings. The molecule has 2 rings (SSSR count). The van der Waals surface area contributed by atoms with Crippen LogP contribution in [0.5, 0.6) is 0 Å². The molecule has 6 heteroatoms. The number of rotatable bonds is 4. The fourth-order valence-electron chi connectivity index (χ4n) is 1.89. The van der Waals surface area contributed by atoms with Crippen LogP contribution in [0.15, 0.2) is 30.3 Å². The maximum absolute atomic E-state index is 12.7. The van der Waals surface area contributed by atoms with Gasteiger partial charge in [-0.05, 0) is 24.8 Å². The van der Waals surface area contributed by atoms with Crippen molar-refractivity contribution in [2.24, 2.45) is 5.73 Å². The van der Waals surface area contributed by atoms with Gasteiger partial charge in [-0.25, -0.2) is 0 Å². The summed E-state index contributed by atoms with van der Waals surface area (Å²) in [6.45, 7) is 0. The zero-order valence-electron chi connectivity index (χ0n) is 10.2. The highest BCUT2D eigenvalue weighted by atomic mass is 19.4. The summed E-state index contributed by atoms with van der Waals surface area (Å²) in [5.74, 6) is -0.751. The molecule has 0 radical (unpaired) electrons. The quantitative estimate of drug-likeness (QED) is 0.877. The number of hydrogen-bond donors (Lipinski definition) is 2. The van der Waals surface area contributed by atoms with Crippen LogP contribution < -0.4 is 11.1 Å². The summed E-state index contributed by atoms with van der Waals surface area (Å²) in [5, 5.41) is 2.04. The van der Waals surface area contributed by atoms with E-state index in [0.29, 0.717) is 0 Å². The third-order valence-corrected chi connectivity index (χ3v) is 3.29. The van der Waals surface area contributed by atoms with E-state index in [4.69, 9.17) is 5.73 Å². The van der Waals surface area contributed by atoms with Gasteiger partial charge >= 0.3 is 6.18 Å². The Labute approximate surface area is 109 Å². The molecule has 0 aromatic heterocycles. The van der Waals surface area contributed by atoms with Crippen LogP contribution in [0.25, 0.3) is 0 Å². The number of alkyl halides is 3. The number of nitrogens with one attached hydrogen (secondary N) is 1. The standard InChI is InChI=1S/C13H15F3N2O/c14-13(15,16)12(6-7-12)18-11(19)10(17)8-9-4-2-1-3-5-9/h1-5,10H,6-8,17H2,(H,18,19). The van der Waals surface area contributed by atoms with Crippen molar-refractivity contribution in [1.29, 1.82) is 0 Å². The summed E-state index contributed by atoms with van der Waals surface area (Å²) in [7, 11) is 0. The molecule has 1 amide bonds. The Hall–Kier alpha value is -1.56. The first-order valence-corrected chi connectivity index (χ1v) is 6.02. The Kier molecular flexibility index (Phi) is 3.54. The molecule has 1 aromatic carbocycles. The van der Waals surface area contributed by atoms with Crippen molar-refractivity contribution < 1.29 is 18.0 Å². The van der Waals surface area contributed by atoms with E-state index in [-0.39, 0.29) is 19.3 Å². The third kappa shape index (κ3) is 3.07. The Morgan fingerprint density at radius 1 is 1.32 bits per heavy atom. The number of carbonyl (C=O) groups is 1. The lowest BCUT2D eigenvalue weighted by Crippen LogP contribution is -2.53. The highest BCUT2D eigenvalue weighted by Gasteiger charge is 2.64. The first kappa shape index (κ1) is 13.9. The minimum atomic E-state index is -4.41. The van der Waals surface area contributed by atoms with E-state index in [1.54, 1.807) is 24.3 Å². The van der Waals surface area contributed by atoms with Gasteiger partial charge in [0.15, 0.2) is 0 Å². The topological polar surface area (TPSA) is 55.1 Å². The highest BCUT2D eigenvalue weighted by Crippen LogP contribution is 2.48. The van der Waals surface area contributed by atoms with Crippen molar-refractivity contribution in [3.8, 4) is 0 Å². The number of benzene rings is 1. The molecular weight excluding hydrogens is 257 g/mol. The van der Waals surface area contributed by atoms with E-state index >= 15 is 0 Å². The lowest BCUT2D eigenvalue weighted by Gasteiger charge is -2.22. The fourth-order valence-corrected chi connectivity index (χ4v) is 1.89. The molecule has 1 aliphatic carbocycles. The molecule has 3 N–H and O–H groups in total. The Bertz CT molecular complexity index is 455. The Morgan fingerprint density at radius 3 is 2.37 bits per heavy atom. The van der Waals surface area contributed by atoms with Gasteiger partial charge in [-0.1, -0.05) is 30.3 Å². The highest BCUT2D eigenvalue weighted by molar-refractivity contribution is 5.83. The number of amides is 1. The molecule has 1 unspecified atom stereocenters. The predicted octanol–water partition coefficient (Wildman–Crippen LogP) is 1.77. The molecule has 0 bridgehead atoms. The van der Waals surface area contributed by atoms with Crippen molar-refractivity contribution in [2.75, 3.05) is 0 Å². The largest absolute Gasteiger partial charge is 0.411 e. The summed E-state index contributed by atoms with van der Waals surface area (Å²) in [4.78, 5) is 11.7. The van der Waals surface area contributed by atoms with Crippen molar-refractivity contribution in [1.82, 2.24) is 5.32 Å².